The van der Waals surface area contributed by atoms with E-state index in [1.54, 1.807) is 0 Å². The second kappa shape index (κ2) is 5.08. The third-order valence-electron chi connectivity index (χ3n) is 2.45. The van der Waals surface area contributed by atoms with Crippen LogP contribution in [0.2, 0.25) is 0 Å². The average Bonchev–Trinajstić information content (AvgIpc) is 2.76. The summed E-state index contributed by atoms with van der Waals surface area (Å²) in [6, 6.07) is 0. The molecule has 2 aromatic heterocycles. The first-order valence-corrected chi connectivity index (χ1v) is 5.87. The van der Waals surface area contributed by atoms with Gasteiger partial charge in [0.25, 0.3) is 0 Å². The van der Waals surface area contributed by atoms with Crippen molar-refractivity contribution in [3.63, 3.8) is 0 Å². The Bertz CT molecular complexity index is 728. The largest absolute Gasteiger partial charge is 0.465 e. The Hall–Kier alpha value is -2.16. The third-order valence-corrected chi connectivity index (χ3v) is 3.58. The molecule has 0 atom stereocenters. The SMILES string of the molecule is COC(=O)c1sc2c(F)nc(F)c(C(=O)OC)c2c1F. The Morgan fingerprint density at radius 3 is 2.20 bits per heavy atom. The summed E-state index contributed by atoms with van der Waals surface area (Å²) in [6.07, 6.45) is 0. The molecule has 0 fully saturated rings. The van der Waals surface area contributed by atoms with Gasteiger partial charge in [0.15, 0.2) is 5.82 Å². The lowest BCUT2D eigenvalue weighted by atomic mass is 10.1. The fourth-order valence-electron chi connectivity index (χ4n) is 1.59. The molecule has 0 saturated carbocycles. The monoisotopic (exact) mass is 305 g/mol. The maximum absolute atomic E-state index is 14.1. The fourth-order valence-corrected chi connectivity index (χ4v) is 2.57. The zero-order valence-electron chi connectivity index (χ0n) is 10.1. The Labute approximate surface area is 113 Å². The first-order chi connectivity index (χ1) is 9.42. The Balaban J connectivity index is 2.90. The third kappa shape index (κ3) is 1.99. The molecule has 0 aliphatic rings. The molecule has 9 heteroatoms. The van der Waals surface area contributed by atoms with Crippen molar-refractivity contribution in [2.24, 2.45) is 0 Å². The van der Waals surface area contributed by atoms with Crippen LogP contribution in [0.15, 0.2) is 0 Å². The summed E-state index contributed by atoms with van der Waals surface area (Å²) >= 11 is 0.372. The number of pyridine rings is 1. The minimum Gasteiger partial charge on any atom is -0.465 e. The molecular formula is C11H6F3NO4S. The molecule has 0 amide bonds. The van der Waals surface area contributed by atoms with E-state index in [1.807, 2.05) is 0 Å². The van der Waals surface area contributed by atoms with E-state index in [0.29, 0.717) is 11.3 Å². The van der Waals surface area contributed by atoms with E-state index in [2.05, 4.69) is 14.5 Å². The van der Waals surface area contributed by atoms with Crippen LogP contribution in [-0.4, -0.2) is 31.1 Å². The van der Waals surface area contributed by atoms with Gasteiger partial charge in [-0.05, 0) is 0 Å². The lowest BCUT2D eigenvalue weighted by Crippen LogP contribution is -2.09. The van der Waals surface area contributed by atoms with Gasteiger partial charge in [-0.15, -0.1) is 11.3 Å². The molecule has 0 spiro atoms. The topological polar surface area (TPSA) is 65.5 Å². The van der Waals surface area contributed by atoms with Gasteiger partial charge in [0.2, 0.25) is 11.9 Å². The maximum atomic E-state index is 14.1. The van der Waals surface area contributed by atoms with Crippen LogP contribution in [0, 0.1) is 17.7 Å². The normalized spacial score (nSPS) is 10.7. The van der Waals surface area contributed by atoms with Crippen molar-refractivity contribution in [3.8, 4) is 0 Å². The number of rotatable bonds is 2. The molecule has 106 valence electrons. The number of halogens is 3. The number of fused-ring (bicyclic) bond motifs is 1. The van der Waals surface area contributed by atoms with E-state index in [0.717, 1.165) is 14.2 Å². The molecule has 0 aliphatic heterocycles. The molecule has 0 bridgehead atoms. The van der Waals surface area contributed by atoms with E-state index in [4.69, 9.17) is 0 Å². The van der Waals surface area contributed by atoms with Gasteiger partial charge in [-0.25, -0.2) is 14.0 Å². The number of methoxy groups -OCH3 is 2. The summed E-state index contributed by atoms with van der Waals surface area (Å²) in [5, 5.41) is -0.688. The molecule has 20 heavy (non-hydrogen) atoms. The predicted octanol–water partition coefficient (Wildman–Crippen LogP) is 2.29. The molecule has 0 unspecified atom stereocenters. The molecule has 0 saturated heterocycles. The number of thiophene rings is 1. The molecule has 2 aromatic rings. The van der Waals surface area contributed by atoms with E-state index < -0.39 is 50.2 Å². The van der Waals surface area contributed by atoms with Crippen LogP contribution >= 0.6 is 11.3 Å². The average molecular weight is 305 g/mol. The van der Waals surface area contributed by atoms with Crippen LogP contribution in [0.5, 0.6) is 0 Å². The number of nitrogens with zero attached hydrogens (tertiary/aromatic N) is 1. The molecule has 5 nitrogen and oxygen atoms in total. The first-order valence-electron chi connectivity index (χ1n) is 5.06. The molecular weight excluding hydrogens is 299 g/mol. The zero-order chi connectivity index (χ0) is 15.0. The van der Waals surface area contributed by atoms with Crippen molar-refractivity contribution < 1.29 is 32.2 Å². The van der Waals surface area contributed by atoms with Gasteiger partial charge in [-0.3, -0.25) is 0 Å². The van der Waals surface area contributed by atoms with Crippen LogP contribution in [0.3, 0.4) is 0 Å². The standard InChI is InChI=1S/C11H6F3NO4S/c1-18-10(16)4-3-5(12)7(11(17)19-2)20-6(3)9(14)15-8(4)13/h1-2H3. The Morgan fingerprint density at radius 2 is 1.65 bits per heavy atom. The van der Waals surface area contributed by atoms with E-state index >= 15 is 0 Å². The summed E-state index contributed by atoms with van der Waals surface area (Å²) in [4.78, 5) is 25.1. The van der Waals surface area contributed by atoms with Crippen molar-refractivity contribution in [1.29, 1.82) is 0 Å². The minimum atomic E-state index is -1.52. The highest BCUT2D eigenvalue weighted by Gasteiger charge is 2.29. The van der Waals surface area contributed by atoms with Crippen LogP contribution in [0.1, 0.15) is 20.0 Å². The van der Waals surface area contributed by atoms with Crippen molar-refractivity contribution in [1.82, 2.24) is 4.98 Å². The maximum Gasteiger partial charge on any atom is 0.351 e. The summed E-state index contributed by atoms with van der Waals surface area (Å²) in [5.74, 6) is -6.40. The number of esters is 2. The second-order valence-electron chi connectivity index (χ2n) is 3.50. The van der Waals surface area contributed by atoms with Gasteiger partial charge in [0, 0.05) is 0 Å². The van der Waals surface area contributed by atoms with Crippen molar-refractivity contribution >= 4 is 33.4 Å². The first kappa shape index (κ1) is 14.3. The molecule has 0 aliphatic carbocycles. The fraction of sp³-hybridized carbons (Fsp3) is 0.182. The summed E-state index contributed by atoms with van der Waals surface area (Å²) < 4.78 is 49.4. The van der Waals surface area contributed by atoms with Crippen molar-refractivity contribution in [3.05, 3.63) is 28.2 Å². The number of ether oxygens (including phenoxy) is 2. The Kier molecular flexibility index (Phi) is 3.62. The van der Waals surface area contributed by atoms with Gasteiger partial charge in [0.1, 0.15) is 10.4 Å². The Morgan fingerprint density at radius 1 is 1.05 bits per heavy atom. The van der Waals surface area contributed by atoms with Crippen LogP contribution in [0.25, 0.3) is 10.1 Å². The number of carbonyl (C=O) groups excluding carboxylic acids is 2. The summed E-state index contributed by atoms with van der Waals surface area (Å²) in [5.41, 5.74) is -0.868. The molecule has 2 rings (SSSR count). The zero-order valence-corrected chi connectivity index (χ0v) is 10.9. The minimum absolute atomic E-state index is 0.372. The second-order valence-corrected chi connectivity index (χ2v) is 4.52. The highest BCUT2D eigenvalue weighted by Crippen LogP contribution is 2.35. The highest BCUT2D eigenvalue weighted by atomic mass is 32.1. The number of carbonyl (C=O) groups is 2. The predicted molar refractivity (Wildman–Crippen MR) is 62.2 cm³/mol. The summed E-state index contributed by atoms with van der Waals surface area (Å²) in [6.45, 7) is 0. The van der Waals surface area contributed by atoms with Gasteiger partial charge in [-0.1, -0.05) is 0 Å². The van der Waals surface area contributed by atoms with Crippen LogP contribution < -0.4 is 0 Å². The van der Waals surface area contributed by atoms with Crippen molar-refractivity contribution in [2.45, 2.75) is 0 Å². The molecule has 0 radical (unpaired) electrons. The smallest absolute Gasteiger partial charge is 0.351 e. The highest BCUT2D eigenvalue weighted by molar-refractivity contribution is 7.20. The van der Waals surface area contributed by atoms with Gasteiger partial charge in [0.05, 0.1) is 24.3 Å². The van der Waals surface area contributed by atoms with Gasteiger partial charge >= 0.3 is 11.9 Å². The molecule has 0 N–H and O–H groups in total. The molecule has 0 aromatic carbocycles. The van der Waals surface area contributed by atoms with E-state index in [9.17, 15) is 22.8 Å². The summed E-state index contributed by atoms with van der Waals surface area (Å²) in [7, 11) is 1.95. The van der Waals surface area contributed by atoms with E-state index in [1.165, 1.54) is 0 Å². The molecule has 2 heterocycles. The van der Waals surface area contributed by atoms with Crippen molar-refractivity contribution in [2.75, 3.05) is 14.2 Å². The quantitative estimate of drug-likeness (QED) is 0.629. The van der Waals surface area contributed by atoms with Gasteiger partial charge < -0.3 is 9.47 Å². The lowest BCUT2D eigenvalue weighted by Gasteiger charge is -2.03. The van der Waals surface area contributed by atoms with Crippen LogP contribution in [0.4, 0.5) is 13.2 Å². The number of hydrogen-bond donors (Lipinski definition) is 0. The number of aromatic nitrogens is 1. The van der Waals surface area contributed by atoms with Gasteiger partial charge in [-0.2, -0.15) is 13.8 Å². The lowest BCUT2D eigenvalue weighted by molar-refractivity contribution is 0.0586. The van der Waals surface area contributed by atoms with Crippen LogP contribution in [-0.2, 0) is 9.47 Å². The van der Waals surface area contributed by atoms with E-state index in [-0.39, 0.29) is 0 Å². The number of hydrogen-bond acceptors (Lipinski definition) is 6.